The second-order valence-electron chi connectivity index (χ2n) is 6.45. The van der Waals surface area contributed by atoms with Gasteiger partial charge in [0.15, 0.2) is 9.84 Å². The lowest BCUT2D eigenvalue weighted by Gasteiger charge is -2.27. The van der Waals surface area contributed by atoms with Crippen molar-refractivity contribution in [2.45, 2.75) is 19.0 Å². The molecule has 1 fully saturated rings. The van der Waals surface area contributed by atoms with E-state index in [1.165, 1.54) is 11.3 Å². The van der Waals surface area contributed by atoms with Crippen molar-refractivity contribution < 1.29 is 13.2 Å². The molecule has 0 aliphatic carbocycles. The molecule has 1 saturated heterocycles. The molecule has 0 radical (unpaired) electrons. The van der Waals surface area contributed by atoms with Gasteiger partial charge in [-0.05, 0) is 30.0 Å². The third-order valence-electron chi connectivity index (χ3n) is 4.60. The standard InChI is InChI=1S/C18H15Cl2NO3S3/c19-11-3-4-14-15(8-11)26-17(16(14)20)18(22)21(9-13-2-1-6-25-13)12-5-7-27(23,24)10-12/h1-4,6,8,12H,5,7,9-10H2/t12-/m1/s1. The smallest absolute Gasteiger partial charge is 0.266 e. The lowest BCUT2D eigenvalue weighted by molar-refractivity contribution is 0.0688. The van der Waals surface area contributed by atoms with Crippen molar-refractivity contribution in [2.75, 3.05) is 11.5 Å². The van der Waals surface area contributed by atoms with E-state index >= 15 is 0 Å². The number of hydrogen-bond acceptors (Lipinski definition) is 5. The molecule has 9 heteroatoms. The highest BCUT2D eigenvalue weighted by molar-refractivity contribution is 7.91. The maximum atomic E-state index is 13.4. The van der Waals surface area contributed by atoms with Crippen LogP contribution in [0.4, 0.5) is 0 Å². The van der Waals surface area contributed by atoms with Crippen molar-refractivity contribution >= 4 is 71.7 Å². The van der Waals surface area contributed by atoms with Crippen molar-refractivity contribution in [1.82, 2.24) is 4.90 Å². The van der Waals surface area contributed by atoms with E-state index in [1.807, 2.05) is 17.5 Å². The highest BCUT2D eigenvalue weighted by Crippen LogP contribution is 2.38. The van der Waals surface area contributed by atoms with Gasteiger partial charge in [0.05, 0.1) is 23.1 Å². The first-order valence-electron chi connectivity index (χ1n) is 8.25. The summed E-state index contributed by atoms with van der Waals surface area (Å²) in [5.74, 6) is -0.118. The SMILES string of the molecule is O=C(c1sc2cc(Cl)ccc2c1Cl)N(Cc1cccs1)[C@@H]1CCS(=O)(=O)C1. The second kappa shape index (κ2) is 7.37. The fraction of sp³-hybridized carbons (Fsp3) is 0.278. The summed E-state index contributed by atoms with van der Waals surface area (Å²) in [7, 11) is -3.11. The number of sulfone groups is 1. The van der Waals surface area contributed by atoms with Gasteiger partial charge in [-0.25, -0.2) is 8.42 Å². The Bertz CT molecular complexity index is 1110. The molecule has 0 bridgehead atoms. The van der Waals surface area contributed by atoms with Gasteiger partial charge in [0, 0.05) is 26.0 Å². The summed E-state index contributed by atoms with van der Waals surface area (Å²) >= 11 is 15.4. The molecule has 1 aliphatic heterocycles. The van der Waals surface area contributed by atoms with E-state index in [1.54, 1.807) is 34.4 Å². The van der Waals surface area contributed by atoms with Crippen LogP contribution in [0.15, 0.2) is 35.7 Å². The van der Waals surface area contributed by atoms with Crippen molar-refractivity contribution in [2.24, 2.45) is 0 Å². The van der Waals surface area contributed by atoms with E-state index in [4.69, 9.17) is 23.2 Å². The fourth-order valence-electron chi connectivity index (χ4n) is 3.27. The Morgan fingerprint density at radius 1 is 1.26 bits per heavy atom. The molecular weight excluding hydrogens is 445 g/mol. The predicted octanol–water partition coefficient (Wildman–Crippen LogP) is 5.10. The summed E-state index contributed by atoms with van der Waals surface area (Å²) in [4.78, 5) is 16.5. The fourth-order valence-corrected chi connectivity index (χ4v) is 7.44. The van der Waals surface area contributed by atoms with E-state index in [2.05, 4.69) is 0 Å². The number of thiophene rings is 2. The van der Waals surface area contributed by atoms with Crippen LogP contribution in [0.25, 0.3) is 10.1 Å². The molecule has 1 aliphatic rings. The number of rotatable bonds is 4. The molecule has 142 valence electrons. The molecular formula is C18H15Cl2NO3S3. The van der Waals surface area contributed by atoms with Gasteiger partial charge in [0.1, 0.15) is 4.88 Å². The van der Waals surface area contributed by atoms with Gasteiger partial charge >= 0.3 is 0 Å². The molecule has 4 rings (SSSR count). The van der Waals surface area contributed by atoms with E-state index in [-0.39, 0.29) is 23.5 Å². The van der Waals surface area contributed by atoms with Crippen molar-refractivity contribution in [3.05, 3.63) is 55.5 Å². The normalized spacial score (nSPS) is 18.8. The molecule has 0 unspecified atom stereocenters. The maximum absolute atomic E-state index is 13.4. The van der Waals surface area contributed by atoms with E-state index in [0.717, 1.165) is 15.0 Å². The molecule has 0 N–H and O–H groups in total. The Balaban J connectivity index is 1.73. The predicted molar refractivity (Wildman–Crippen MR) is 113 cm³/mol. The van der Waals surface area contributed by atoms with Gasteiger partial charge in [-0.2, -0.15) is 0 Å². The molecule has 3 aromatic rings. The van der Waals surface area contributed by atoms with Gasteiger partial charge in [0.25, 0.3) is 5.91 Å². The second-order valence-corrected chi connectivity index (χ2v) is 11.6. The van der Waals surface area contributed by atoms with E-state index in [0.29, 0.717) is 27.9 Å². The van der Waals surface area contributed by atoms with Crippen LogP contribution in [0.5, 0.6) is 0 Å². The van der Waals surface area contributed by atoms with Crippen LogP contribution in [0.2, 0.25) is 10.0 Å². The number of fused-ring (bicyclic) bond motifs is 1. The molecule has 0 saturated carbocycles. The highest BCUT2D eigenvalue weighted by atomic mass is 35.5. The van der Waals surface area contributed by atoms with Crippen LogP contribution in [0.3, 0.4) is 0 Å². The molecule has 3 heterocycles. The Labute approximate surface area is 175 Å². The van der Waals surface area contributed by atoms with Crippen LogP contribution in [0.1, 0.15) is 21.0 Å². The summed E-state index contributed by atoms with van der Waals surface area (Å²) in [5, 5.41) is 3.70. The Hall–Kier alpha value is -1.12. The van der Waals surface area contributed by atoms with Crippen LogP contribution in [-0.2, 0) is 16.4 Å². The van der Waals surface area contributed by atoms with Gasteiger partial charge < -0.3 is 4.90 Å². The molecule has 27 heavy (non-hydrogen) atoms. The van der Waals surface area contributed by atoms with Gasteiger partial charge in [0.2, 0.25) is 0 Å². The first kappa shape index (κ1) is 19.2. The monoisotopic (exact) mass is 459 g/mol. The summed E-state index contributed by atoms with van der Waals surface area (Å²) in [6.07, 6.45) is 0.452. The minimum Gasteiger partial charge on any atom is -0.329 e. The summed E-state index contributed by atoms with van der Waals surface area (Å²) in [6, 6.07) is 8.85. The number of carbonyl (C=O) groups excluding carboxylic acids is 1. The highest BCUT2D eigenvalue weighted by Gasteiger charge is 2.36. The van der Waals surface area contributed by atoms with Gasteiger partial charge in [-0.3, -0.25) is 4.79 Å². The minimum atomic E-state index is -3.11. The molecule has 1 aromatic carbocycles. The first-order chi connectivity index (χ1) is 12.8. The van der Waals surface area contributed by atoms with E-state index < -0.39 is 9.84 Å². The van der Waals surface area contributed by atoms with Gasteiger partial charge in [-0.1, -0.05) is 35.3 Å². The summed E-state index contributed by atoms with van der Waals surface area (Å²) in [6.45, 7) is 0.377. The molecule has 1 atom stereocenters. The molecule has 0 spiro atoms. The average Bonchev–Trinajstić information content (AvgIpc) is 3.32. The number of benzene rings is 1. The van der Waals surface area contributed by atoms with Crippen LogP contribution >= 0.6 is 45.9 Å². The Morgan fingerprint density at radius 3 is 2.74 bits per heavy atom. The van der Waals surface area contributed by atoms with Gasteiger partial charge in [-0.15, -0.1) is 22.7 Å². The zero-order valence-electron chi connectivity index (χ0n) is 14.0. The number of hydrogen-bond donors (Lipinski definition) is 0. The first-order valence-corrected chi connectivity index (χ1v) is 12.5. The quantitative estimate of drug-likeness (QED) is 0.545. The maximum Gasteiger partial charge on any atom is 0.266 e. The summed E-state index contributed by atoms with van der Waals surface area (Å²) < 4.78 is 24.8. The lowest BCUT2D eigenvalue weighted by atomic mass is 10.2. The topological polar surface area (TPSA) is 54.5 Å². The summed E-state index contributed by atoms with van der Waals surface area (Å²) in [5.41, 5.74) is 0. The zero-order chi connectivity index (χ0) is 19.2. The van der Waals surface area contributed by atoms with E-state index in [9.17, 15) is 13.2 Å². The van der Waals surface area contributed by atoms with Crippen molar-refractivity contribution in [3.63, 3.8) is 0 Å². The third-order valence-corrected chi connectivity index (χ3v) is 9.09. The average molecular weight is 460 g/mol. The number of nitrogens with zero attached hydrogens (tertiary/aromatic N) is 1. The zero-order valence-corrected chi connectivity index (χ0v) is 18.0. The number of amides is 1. The van der Waals surface area contributed by atoms with Crippen molar-refractivity contribution in [3.8, 4) is 0 Å². The minimum absolute atomic E-state index is 0.00153. The largest absolute Gasteiger partial charge is 0.329 e. The molecule has 1 amide bonds. The number of carbonyl (C=O) groups is 1. The number of halogens is 2. The Kier molecular flexibility index (Phi) is 5.24. The van der Waals surface area contributed by atoms with Crippen molar-refractivity contribution in [1.29, 1.82) is 0 Å². The lowest BCUT2D eigenvalue weighted by Crippen LogP contribution is -2.40. The molecule has 2 aromatic heterocycles. The van der Waals surface area contributed by atoms with Crippen LogP contribution < -0.4 is 0 Å². The molecule has 4 nitrogen and oxygen atoms in total. The Morgan fingerprint density at radius 2 is 2.07 bits per heavy atom. The van der Waals surface area contributed by atoms with Crippen LogP contribution in [0, 0.1) is 0 Å². The van der Waals surface area contributed by atoms with Crippen LogP contribution in [-0.4, -0.2) is 36.8 Å². The third kappa shape index (κ3) is 3.89.